The quantitative estimate of drug-likeness (QED) is 0.0715. The van der Waals surface area contributed by atoms with Gasteiger partial charge in [-0.3, -0.25) is 19.8 Å². The molecule has 2 aliphatic rings. The standard InChI is InChI=1S/C38H33N2O5PS2.HI/c41-36-32-18-10-17-31-34(39-38(43)45-27-25-47-48-26-27)20-19-33(35(31)32)37(42)40(36)21-22-44-23-24-46(28-11-4-1-5-12-28,29-13-6-2-7-14-29)30-15-8-3-9-16-30;/h1-20,27H,21-26H2;1H. The lowest BCUT2D eigenvalue weighted by atomic mass is 9.93. The average molecular weight is 821 g/mol. The first-order valence-electron chi connectivity index (χ1n) is 15.8. The third-order valence-electron chi connectivity index (χ3n) is 8.71. The monoisotopic (exact) mass is 820 g/mol. The molecule has 0 unspecified atom stereocenters. The molecule has 2 aliphatic heterocycles. The van der Waals surface area contributed by atoms with Gasteiger partial charge in [-0.2, -0.15) is 0 Å². The van der Waals surface area contributed by atoms with Gasteiger partial charge in [0.15, 0.2) is 0 Å². The van der Waals surface area contributed by atoms with Crippen molar-refractivity contribution in [2.75, 3.05) is 42.7 Å². The van der Waals surface area contributed by atoms with E-state index in [1.54, 1.807) is 51.9 Å². The van der Waals surface area contributed by atoms with Gasteiger partial charge in [0.05, 0.1) is 31.6 Å². The maximum Gasteiger partial charge on any atom is 0.411 e. The van der Waals surface area contributed by atoms with Crippen molar-refractivity contribution in [2.24, 2.45) is 0 Å². The Labute approximate surface area is 311 Å². The molecule has 49 heavy (non-hydrogen) atoms. The number of amides is 3. The topological polar surface area (TPSA) is 84.9 Å². The molecule has 2 heterocycles. The summed E-state index contributed by atoms with van der Waals surface area (Å²) in [6.07, 6.45) is 0.0765. The van der Waals surface area contributed by atoms with Crippen molar-refractivity contribution in [3.63, 3.8) is 0 Å². The van der Waals surface area contributed by atoms with Crippen LogP contribution in [0.25, 0.3) is 10.8 Å². The number of rotatable bonds is 11. The molecule has 0 saturated carbocycles. The molecule has 0 bridgehead atoms. The molecule has 7 nitrogen and oxygen atoms in total. The Morgan fingerprint density at radius 1 is 0.714 bits per heavy atom. The predicted molar refractivity (Wildman–Crippen MR) is 199 cm³/mol. The van der Waals surface area contributed by atoms with Gasteiger partial charge in [0.1, 0.15) is 29.3 Å². The number of imide groups is 1. The molecule has 0 aromatic heterocycles. The Balaban J connectivity index is 0.00000417. The number of halogens is 1. The van der Waals surface area contributed by atoms with Gasteiger partial charge < -0.3 is 33.5 Å². The van der Waals surface area contributed by atoms with Crippen LogP contribution >= 0.6 is 28.9 Å². The van der Waals surface area contributed by atoms with E-state index >= 15 is 0 Å². The second-order valence-electron chi connectivity index (χ2n) is 11.5. The Morgan fingerprint density at radius 3 is 1.84 bits per heavy atom. The van der Waals surface area contributed by atoms with Crippen LogP contribution in [0.5, 0.6) is 0 Å². The lowest BCUT2D eigenvalue weighted by Crippen LogP contribution is -3.00. The van der Waals surface area contributed by atoms with Crippen molar-refractivity contribution in [1.29, 1.82) is 0 Å². The van der Waals surface area contributed by atoms with Gasteiger partial charge in [-0.1, -0.05) is 88.3 Å². The van der Waals surface area contributed by atoms with Crippen LogP contribution < -0.4 is 45.2 Å². The minimum absolute atomic E-state index is 0. The molecule has 1 N–H and O–H groups in total. The third-order valence-corrected chi connectivity index (χ3v) is 15.6. The van der Waals surface area contributed by atoms with E-state index in [2.05, 4.69) is 78.1 Å². The van der Waals surface area contributed by atoms with Gasteiger partial charge in [-0.15, -0.1) is 0 Å². The smallest absolute Gasteiger partial charge is 0.411 e. The molecule has 0 radical (unpaired) electrons. The number of hydrogen-bond acceptors (Lipinski definition) is 7. The van der Waals surface area contributed by atoms with Crippen LogP contribution in [0, 0.1) is 0 Å². The summed E-state index contributed by atoms with van der Waals surface area (Å²) in [6, 6.07) is 40.5. The fourth-order valence-corrected chi connectivity index (χ4v) is 13.1. The fourth-order valence-electron chi connectivity index (χ4n) is 6.45. The Bertz CT molecular complexity index is 1830. The van der Waals surface area contributed by atoms with E-state index in [0.29, 0.717) is 34.2 Å². The number of nitrogens with one attached hydrogen (secondary N) is 1. The average Bonchev–Trinajstić information content (AvgIpc) is 3.64. The summed E-state index contributed by atoms with van der Waals surface area (Å²) in [5, 5.41) is 7.80. The lowest BCUT2D eigenvalue weighted by Gasteiger charge is -2.29. The molecular formula is C38H34IN2O5PS2. The summed E-state index contributed by atoms with van der Waals surface area (Å²) in [6.45, 7) is 0.799. The van der Waals surface area contributed by atoms with E-state index in [1.165, 1.54) is 20.8 Å². The molecule has 0 atom stereocenters. The largest absolute Gasteiger partial charge is 1.00 e. The molecule has 1 fully saturated rings. The molecule has 250 valence electrons. The molecule has 5 aromatic rings. The van der Waals surface area contributed by atoms with Gasteiger partial charge in [0.2, 0.25) is 0 Å². The minimum atomic E-state index is -2.06. The maximum atomic E-state index is 13.7. The second kappa shape index (κ2) is 16.1. The van der Waals surface area contributed by atoms with Gasteiger partial charge in [-0.25, -0.2) is 4.79 Å². The summed E-state index contributed by atoms with van der Waals surface area (Å²) in [4.78, 5) is 41.3. The number of benzene rings is 5. The van der Waals surface area contributed by atoms with Gasteiger partial charge in [-0.05, 0) is 54.6 Å². The zero-order valence-corrected chi connectivity index (χ0v) is 31.2. The Morgan fingerprint density at radius 2 is 1.27 bits per heavy atom. The second-order valence-corrected chi connectivity index (χ2v) is 17.7. The molecule has 1 saturated heterocycles. The summed E-state index contributed by atoms with van der Waals surface area (Å²) in [7, 11) is 1.30. The van der Waals surface area contributed by atoms with Gasteiger partial charge in [0.25, 0.3) is 11.8 Å². The van der Waals surface area contributed by atoms with Gasteiger partial charge in [0, 0.05) is 33.4 Å². The molecule has 7 rings (SSSR count). The van der Waals surface area contributed by atoms with Crippen molar-refractivity contribution in [2.45, 2.75) is 6.10 Å². The normalized spacial score (nSPS) is 14.5. The lowest BCUT2D eigenvalue weighted by molar-refractivity contribution is -0.0000405. The van der Waals surface area contributed by atoms with Crippen molar-refractivity contribution in [3.05, 3.63) is 132 Å². The highest BCUT2D eigenvalue weighted by Gasteiger charge is 2.45. The number of nitrogens with zero attached hydrogens (tertiary/aromatic N) is 1. The molecule has 11 heteroatoms. The summed E-state index contributed by atoms with van der Waals surface area (Å²) >= 11 is 0. The number of ether oxygens (including phenoxy) is 2. The van der Waals surface area contributed by atoms with Crippen molar-refractivity contribution in [1.82, 2.24) is 4.90 Å². The molecule has 0 aliphatic carbocycles. The van der Waals surface area contributed by atoms with E-state index in [0.717, 1.165) is 17.7 Å². The summed E-state index contributed by atoms with van der Waals surface area (Å²) < 4.78 is 11.8. The van der Waals surface area contributed by atoms with Crippen LogP contribution in [0.2, 0.25) is 0 Å². The first-order chi connectivity index (χ1) is 23.6. The first kappa shape index (κ1) is 35.4. The van der Waals surface area contributed by atoms with E-state index in [1.807, 2.05) is 18.2 Å². The molecule has 0 spiro atoms. The highest BCUT2D eigenvalue weighted by molar-refractivity contribution is 8.77. The van der Waals surface area contributed by atoms with Crippen LogP contribution in [-0.2, 0) is 9.47 Å². The third kappa shape index (κ3) is 7.25. The summed E-state index contributed by atoms with van der Waals surface area (Å²) in [5.74, 6) is 0.752. The van der Waals surface area contributed by atoms with Crippen molar-refractivity contribution < 1.29 is 47.8 Å². The van der Waals surface area contributed by atoms with Crippen LogP contribution in [0.15, 0.2) is 121 Å². The molecule has 5 aromatic carbocycles. The Kier molecular flexibility index (Phi) is 11.6. The van der Waals surface area contributed by atoms with E-state index in [4.69, 9.17) is 9.47 Å². The van der Waals surface area contributed by atoms with Crippen LogP contribution in [0.3, 0.4) is 0 Å². The highest BCUT2D eigenvalue weighted by Crippen LogP contribution is 2.55. The number of hydrogen-bond donors (Lipinski definition) is 1. The zero-order valence-electron chi connectivity index (χ0n) is 26.5. The maximum absolute atomic E-state index is 13.7. The summed E-state index contributed by atoms with van der Waals surface area (Å²) in [5.41, 5.74) is 1.34. The van der Waals surface area contributed by atoms with E-state index < -0.39 is 13.4 Å². The molecule has 3 amide bonds. The first-order valence-corrected chi connectivity index (χ1v) is 20.3. The predicted octanol–water partition coefficient (Wildman–Crippen LogP) is 3.76. The van der Waals surface area contributed by atoms with Crippen LogP contribution in [0.1, 0.15) is 20.7 Å². The molecular weight excluding hydrogens is 786 g/mol. The number of anilines is 1. The minimum Gasteiger partial charge on any atom is -1.00 e. The van der Waals surface area contributed by atoms with Crippen LogP contribution in [-0.4, -0.2) is 66.3 Å². The highest BCUT2D eigenvalue weighted by atomic mass is 127. The SMILES string of the molecule is O=C(Nc1ccc2c3c(cccc13)C(=O)N(CCOCC[P+](c1ccccc1)(c1ccccc1)c1ccccc1)C2=O)OC1CSSC1.[I-]. The number of carbonyl (C=O) groups excluding carboxylic acids is 3. The van der Waals surface area contributed by atoms with Crippen molar-refractivity contribution in [3.8, 4) is 0 Å². The number of carbonyl (C=O) groups is 3. The van der Waals surface area contributed by atoms with Gasteiger partial charge >= 0.3 is 6.09 Å². The van der Waals surface area contributed by atoms with E-state index in [9.17, 15) is 14.4 Å². The fraction of sp³-hybridized carbons (Fsp3) is 0.184. The van der Waals surface area contributed by atoms with Crippen LogP contribution in [0.4, 0.5) is 10.5 Å². The van der Waals surface area contributed by atoms with E-state index in [-0.39, 0.29) is 55.0 Å². The Hall–Kier alpha value is -3.41. The zero-order chi connectivity index (χ0) is 32.9. The van der Waals surface area contributed by atoms with Crippen molar-refractivity contribution >= 4 is 79.1 Å².